The van der Waals surface area contributed by atoms with Crippen LogP contribution in [0, 0.1) is 5.95 Å². The van der Waals surface area contributed by atoms with Crippen LogP contribution in [0.2, 0.25) is 0 Å². The Balaban J connectivity index is 3.23. The highest BCUT2D eigenvalue weighted by Crippen LogP contribution is 2.24. The highest BCUT2D eigenvalue weighted by Gasteiger charge is 2.17. The van der Waals surface area contributed by atoms with Crippen molar-refractivity contribution in [3.8, 4) is 0 Å². The molecule has 0 saturated carbocycles. The summed E-state index contributed by atoms with van der Waals surface area (Å²) >= 11 is 3.02. The SMILES string of the molecule is OCc1cc(C(F)F)c(F)nc1CBr. The van der Waals surface area contributed by atoms with Crippen LogP contribution in [0.5, 0.6) is 0 Å². The van der Waals surface area contributed by atoms with E-state index in [0.717, 1.165) is 6.07 Å². The van der Waals surface area contributed by atoms with Crippen LogP contribution in [-0.4, -0.2) is 10.1 Å². The summed E-state index contributed by atoms with van der Waals surface area (Å²) in [6.07, 6.45) is -2.92. The van der Waals surface area contributed by atoms with Crippen LogP contribution < -0.4 is 0 Å². The lowest BCUT2D eigenvalue weighted by Crippen LogP contribution is -2.03. The van der Waals surface area contributed by atoms with E-state index in [-0.39, 0.29) is 16.6 Å². The molecule has 0 spiro atoms. The van der Waals surface area contributed by atoms with Crippen molar-refractivity contribution >= 4 is 15.9 Å². The zero-order valence-corrected chi connectivity index (χ0v) is 8.56. The van der Waals surface area contributed by atoms with Crippen LogP contribution in [0.25, 0.3) is 0 Å². The van der Waals surface area contributed by atoms with Gasteiger partial charge in [-0.25, -0.2) is 13.8 Å². The van der Waals surface area contributed by atoms with Crippen molar-refractivity contribution in [2.75, 3.05) is 0 Å². The Labute approximate surface area is 86.9 Å². The Hall–Kier alpha value is -0.620. The molecule has 0 bridgehead atoms. The van der Waals surface area contributed by atoms with Crippen molar-refractivity contribution in [3.05, 3.63) is 28.8 Å². The molecule has 0 unspecified atom stereocenters. The van der Waals surface area contributed by atoms with Gasteiger partial charge in [0, 0.05) is 10.9 Å². The van der Waals surface area contributed by atoms with Gasteiger partial charge < -0.3 is 5.11 Å². The molecule has 0 aliphatic heterocycles. The molecule has 0 amide bonds. The van der Waals surface area contributed by atoms with Crippen molar-refractivity contribution in [3.63, 3.8) is 0 Å². The number of hydrogen-bond acceptors (Lipinski definition) is 2. The van der Waals surface area contributed by atoms with Crippen LogP contribution in [0.1, 0.15) is 23.2 Å². The van der Waals surface area contributed by atoms with Crippen LogP contribution >= 0.6 is 15.9 Å². The first-order valence-electron chi connectivity index (χ1n) is 3.73. The summed E-state index contributed by atoms with van der Waals surface area (Å²) in [7, 11) is 0. The van der Waals surface area contributed by atoms with Gasteiger partial charge in [-0.3, -0.25) is 0 Å². The second-order valence-corrected chi connectivity index (χ2v) is 3.13. The van der Waals surface area contributed by atoms with Gasteiger partial charge in [0.2, 0.25) is 5.95 Å². The van der Waals surface area contributed by atoms with Crippen LogP contribution in [-0.2, 0) is 11.9 Å². The Kier molecular flexibility index (Phi) is 3.88. The summed E-state index contributed by atoms with van der Waals surface area (Å²) in [4.78, 5) is 3.33. The second-order valence-electron chi connectivity index (χ2n) is 2.57. The summed E-state index contributed by atoms with van der Waals surface area (Å²) in [6.45, 7) is -0.437. The van der Waals surface area contributed by atoms with E-state index in [1.54, 1.807) is 0 Å². The van der Waals surface area contributed by atoms with Gasteiger partial charge in [-0.1, -0.05) is 15.9 Å². The highest BCUT2D eigenvalue weighted by atomic mass is 79.9. The molecule has 0 aliphatic rings. The van der Waals surface area contributed by atoms with Gasteiger partial charge in [0.1, 0.15) is 0 Å². The van der Waals surface area contributed by atoms with E-state index in [4.69, 9.17) is 5.11 Å². The summed E-state index contributed by atoms with van der Waals surface area (Å²) in [5.41, 5.74) is -0.341. The highest BCUT2D eigenvalue weighted by molar-refractivity contribution is 9.08. The van der Waals surface area contributed by atoms with E-state index in [2.05, 4.69) is 20.9 Å². The largest absolute Gasteiger partial charge is 0.392 e. The number of alkyl halides is 3. The minimum absolute atomic E-state index is 0.207. The van der Waals surface area contributed by atoms with Gasteiger partial charge in [-0.15, -0.1) is 0 Å². The lowest BCUT2D eigenvalue weighted by atomic mass is 10.1. The summed E-state index contributed by atoms with van der Waals surface area (Å²) in [5.74, 6) is -1.19. The molecule has 0 saturated heterocycles. The number of aliphatic hydroxyl groups excluding tert-OH is 1. The standard InChI is InChI=1S/C8H7BrF3NO/c9-2-6-4(3-14)1-5(7(10)11)8(12)13-6/h1,7,14H,2-3H2. The van der Waals surface area contributed by atoms with Crippen molar-refractivity contribution in [2.24, 2.45) is 0 Å². The van der Waals surface area contributed by atoms with Gasteiger partial charge in [-0.2, -0.15) is 4.39 Å². The fourth-order valence-corrected chi connectivity index (χ4v) is 1.48. The van der Waals surface area contributed by atoms with Crippen LogP contribution in [0.3, 0.4) is 0 Å². The molecule has 6 heteroatoms. The average Bonchev–Trinajstić information content (AvgIpc) is 2.16. The van der Waals surface area contributed by atoms with Crippen molar-refractivity contribution in [1.29, 1.82) is 0 Å². The zero-order valence-electron chi connectivity index (χ0n) is 6.98. The molecule has 1 N–H and O–H groups in total. The predicted molar refractivity (Wildman–Crippen MR) is 47.7 cm³/mol. The molecule has 0 aromatic carbocycles. The maximum Gasteiger partial charge on any atom is 0.268 e. The Bertz CT molecular complexity index is 333. The molecule has 1 heterocycles. The lowest BCUT2D eigenvalue weighted by molar-refractivity contribution is 0.144. The van der Waals surface area contributed by atoms with Crippen molar-refractivity contribution in [2.45, 2.75) is 18.4 Å². The van der Waals surface area contributed by atoms with Gasteiger partial charge in [-0.05, 0) is 6.07 Å². The van der Waals surface area contributed by atoms with E-state index < -0.39 is 24.5 Å². The fourth-order valence-electron chi connectivity index (χ4n) is 0.991. The third-order valence-electron chi connectivity index (χ3n) is 1.70. The van der Waals surface area contributed by atoms with E-state index in [9.17, 15) is 13.2 Å². The first kappa shape index (κ1) is 11.5. The zero-order chi connectivity index (χ0) is 10.7. The molecular weight excluding hydrogens is 263 g/mol. The molecule has 78 valence electrons. The van der Waals surface area contributed by atoms with Crippen molar-refractivity contribution < 1.29 is 18.3 Å². The minimum atomic E-state index is -2.92. The molecule has 0 aliphatic carbocycles. The topological polar surface area (TPSA) is 33.1 Å². The third kappa shape index (κ3) is 2.24. The average molecular weight is 270 g/mol. The van der Waals surface area contributed by atoms with Crippen molar-refractivity contribution in [1.82, 2.24) is 4.98 Å². The second kappa shape index (κ2) is 4.75. The molecule has 14 heavy (non-hydrogen) atoms. The number of halogens is 4. The first-order valence-corrected chi connectivity index (χ1v) is 4.85. The summed E-state index contributed by atoms with van der Waals surface area (Å²) < 4.78 is 37.3. The number of rotatable bonds is 3. The predicted octanol–water partition coefficient (Wildman–Crippen LogP) is 2.55. The van der Waals surface area contributed by atoms with E-state index >= 15 is 0 Å². The molecule has 1 rings (SSSR count). The Morgan fingerprint density at radius 3 is 2.57 bits per heavy atom. The minimum Gasteiger partial charge on any atom is -0.392 e. The number of hydrogen-bond donors (Lipinski definition) is 1. The fraction of sp³-hybridized carbons (Fsp3) is 0.375. The summed E-state index contributed by atoms with van der Waals surface area (Å²) in [5, 5.41) is 9.03. The normalized spacial score (nSPS) is 11.0. The summed E-state index contributed by atoms with van der Waals surface area (Å²) in [6, 6.07) is 0.934. The van der Waals surface area contributed by atoms with Gasteiger partial charge in [0.15, 0.2) is 0 Å². The molecule has 0 radical (unpaired) electrons. The van der Waals surface area contributed by atoms with Gasteiger partial charge in [0.25, 0.3) is 6.43 Å². The monoisotopic (exact) mass is 269 g/mol. The van der Waals surface area contributed by atoms with Crippen LogP contribution in [0.15, 0.2) is 6.07 Å². The first-order chi connectivity index (χ1) is 6.60. The smallest absolute Gasteiger partial charge is 0.268 e. The number of aromatic nitrogens is 1. The van der Waals surface area contributed by atoms with E-state index in [1.165, 1.54) is 0 Å². The molecular formula is C8H7BrF3NO. The third-order valence-corrected chi connectivity index (χ3v) is 2.23. The maximum absolute atomic E-state index is 12.9. The quantitative estimate of drug-likeness (QED) is 0.676. The number of pyridine rings is 1. The van der Waals surface area contributed by atoms with Gasteiger partial charge in [0.05, 0.1) is 17.9 Å². The van der Waals surface area contributed by atoms with Crippen LogP contribution in [0.4, 0.5) is 13.2 Å². The maximum atomic E-state index is 12.9. The molecule has 1 aromatic heterocycles. The van der Waals surface area contributed by atoms with E-state index in [1.807, 2.05) is 0 Å². The van der Waals surface area contributed by atoms with E-state index in [0.29, 0.717) is 0 Å². The molecule has 0 atom stereocenters. The Morgan fingerprint density at radius 2 is 2.14 bits per heavy atom. The number of nitrogens with zero attached hydrogens (tertiary/aromatic N) is 1. The molecule has 2 nitrogen and oxygen atoms in total. The molecule has 1 aromatic rings. The molecule has 0 fully saturated rings. The Morgan fingerprint density at radius 1 is 1.50 bits per heavy atom. The lowest BCUT2D eigenvalue weighted by Gasteiger charge is -2.07. The number of aliphatic hydroxyl groups is 1. The van der Waals surface area contributed by atoms with Gasteiger partial charge >= 0.3 is 0 Å².